The third-order valence-electron chi connectivity index (χ3n) is 5.63. The molecule has 0 bridgehead atoms. The third kappa shape index (κ3) is 8.56. The van der Waals surface area contributed by atoms with Crippen molar-refractivity contribution in [3.63, 3.8) is 0 Å². The summed E-state index contributed by atoms with van der Waals surface area (Å²) in [7, 11) is 1.94. The summed E-state index contributed by atoms with van der Waals surface area (Å²) in [5.41, 5.74) is 0. The Labute approximate surface area is 175 Å². The molecule has 0 spiro atoms. The molecule has 1 N–H and O–H groups in total. The van der Waals surface area contributed by atoms with E-state index in [0.29, 0.717) is 38.5 Å². The summed E-state index contributed by atoms with van der Waals surface area (Å²) in [5, 5.41) is 3.23. The van der Waals surface area contributed by atoms with Gasteiger partial charge in [0.25, 0.3) is 0 Å². The minimum Gasteiger partial charge on any atom is -0.466 e. The van der Waals surface area contributed by atoms with Gasteiger partial charge in [-0.1, -0.05) is 39.0 Å². The highest BCUT2D eigenvalue weighted by Gasteiger charge is 2.24. The van der Waals surface area contributed by atoms with E-state index in [2.05, 4.69) is 17.2 Å². The summed E-state index contributed by atoms with van der Waals surface area (Å²) >= 11 is 0. The first-order valence-electron chi connectivity index (χ1n) is 11.2. The van der Waals surface area contributed by atoms with Gasteiger partial charge in [0.05, 0.1) is 13.0 Å². The molecule has 1 unspecified atom stereocenters. The van der Waals surface area contributed by atoms with Crippen LogP contribution in [-0.4, -0.2) is 59.1 Å². The molecule has 2 rings (SSSR count). The Morgan fingerprint density at radius 3 is 2.76 bits per heavy atom. The molecule has 0 radical (unpaired) electrons. The fourth-order valence-electron chi connectivity index (χ4n) is 3.72. The number of nitrogens with zero attached hydrogens (tertiary/aromatic N) is 3. The Morgan fingerprint density at radius 1 is 1.21 bits per heavy atom. The van der Waals surface area contributed by atoms with Gasteiger partial charge >= 0.3 is 5.97 Å². The maximum Gasteiger partial charge on any atom is 0.307 e. The lowest BCUT2D eigenvalue weighted by Crippen LogP contribution is -2.33. The number of ether oxygens (including phenoxy) is 1. The monoisotopic (exact) mass is 406 g/mol. The molecular formula is C22H38N4O3. The van der Waals surface area contributed by atoms with Crippen LogP contribution in [0.5, 0.6) is 0 Å². The van der Waals surface area contributed by atoms with Gasteiger partial charge in [-0.05, 0) is 19.9 Å². The van der Waals surface area contributed by atoms with Crippen molar-refractivity contribution in [3.8, 4) is 0 Å². The summed E-state index contributed by atoms with van der Waals surface area (Å²) in [5.74, 6) is 0.867. The number of aromatic nitrogens is 2. The SMILES string of the molecule is CCCCCCCCOC(=O)CCn1ccnc1CCC(=O)N1CCC(NC)C1. The minimum absolute atomic E-state index is 0.163. The van der Waals surface area contributed by atoms with Gasteiger partial charge in [-0.15, -0.1) is 0 Å². The van der Waals surface area contributed by atoms with Crippen LogP contribution in [0, 0.1) is 0 Å². The first-order chi connectivity index (χ1) is 14.1. The molecular weight excluding hydrogens is 368 g/mol. The zero-order valence-electron chi connectivity index (χ0n) is 18.2. The van der Waals surface area contributed by atoms with Crippen LogP contribution >= 0.6 is 0 Å². The van der Waals surface area contributed by atoms with Crippen molar-refractivity contribution in [2.45, 2.75) is 83.7 Å². The molecule has 7 heteroatoms. The molecule has 29 heavy (non-hydrogen) atoms. The number of likely N-dealkylation sites (N-methyl/N-ethyl adjacent to an activating group) is 1. The summed E-state index contributed by atoms with van der Waals surface area (Å²) in [6.45, 7) is 4.87. The maximum atomic E-state index is 12.4. The zero-order chi connectivity index (χ0) is 20.9. The van der Waals surface area contributed by atoms with Crippen molar-refractivity contribution in [2.75, 3.05) is 26.7 Å². The highest BCUT2D eigenvalue weighted by atomic mass is 16.5. The average Bonchev–Trinajstić information content (AvgIpc) is 3.39. The van der Waals surface area contributed by atoms with E-state index in [9.17, 15) is 9.59 Å². The van der Waals surface area contributed by atoms with Gasteiger partial charge in [0.1, 0.15) is 5.82 Å². The second-order valence-corrected chi connectivity index (χ2v) is 7.89. The van der Waals surface area contributed by atoms with E-state index in [4.69, 9.17) is 4.74 Å². The maximum absolute atomic E-state index is 12.4. The molecule has 164 valence electrons. The van der Waals surface area contributed by atoms with Crippen LogP contribution in [0.3, 0.4) is 0 Å². The van der Waals surface area contributed by atoms with E-state index in [1.165, 1.54) is 25.7 Å². The van der Waals surface area contributed by atoms with Gasteiger partial charge in [0.2, 0.25) is 5.91 Å². The molecule has 1 aromatic rings. The van der Waals surface area contributed by atoms with Crippen molar-refractivity contribution in [1.29, 1.82) is 0 Å². The number of hydrogen-bond donors (Lipinski definition) is 1. The van der Waals surface area contributed by atoms with Crippen molar-refractivity contribution in [1.82, 2.24) is 19.8 Å². The molecule has 1 aromatic heterocycles. The summed E-state index contributed by atoms with van der Waals surface area (Å²) in [6, 6.07) is 0.406. The minimum atomic E-state index is -0.163. The van der Waals surface area contributed by atoms with Crippen LogP contribution in [0.1, 0.15) is 70.5 Å². The molecule has 1 amide bonds. The number of amides is 1. The normalized spacial score (nSPS) is 16.3. The Hall–Kier alpha value is -1.89. The van der Waals surface area contributed by atoms with Crippen LogP contribution in [0.15, 0.2) is 12.4 Å². The Balaban J connectivity index is 1.61. The van der Waals surface area contributed by atoms with Gasteiger partial charge in [-0.25, -0.2) is 4.98 Å². The molecule has 1 saturated heterocycles. The number of likely N-dealkylation sites (tertiary alicyclic amines) is 1. The summed E-state index contributed by atoms with van der Waals surface area (Å²) < 4.78 is 7.29. The number of aryl methyl sites for hydroxylation is 2. The number of esters is 1. The average molecular weight is 407 g/mol. The Kier molecular flexibility index (Phi) is 10.8. The predicted molar refractivity (Wildman–Crippen MR) is 114 cm³/mol. The number of carbonyl (C=O) groups excluding carboxylic acids is 2. The van der Waals surface area contributed by atoms with Gasteiger partial charge in [0, 0.05) is 50.9 Å². The number of unbranched alkanes of at least 4 members (excludes halogenated alkanes) is 5. The van der Waals surface area contributed by atoms with Crippen LogP contribution in [0.2, 0.25) is 0 Å². The van der Waals surface area contributed by atoms with Crippen LogP contribution in [0.4, 0.5) is 0 Å². The molecule has 0 aromatic carbocycles. The molecule has 1 fully saturated rings. The number of imidazole rings is 1. The van der Waals surface area contributed by atoms with Crippen molar-refractivity contribution in [3.05, 3.63) is 18.2 Å². The molecule has 7 nitrogen and oxygen atoms in total. The van der Waals surface area contributed by atoms with E-state index < -0.39 is 0 Å². The van der Waals surface area contributed by atoms with E-state index in [0.717, 1.165) is 38.2 Å². The molecule has 1 aliphatic heterocycles. The fourth-order valence-corrected chi connectivity index (χ4v) is 3.72. The zero-order valence-corrected chi connectivity index (χ0v) is 18.2. The first-order valence-corrected chi connectivity index (χ1v) is 11.2. The Morgan fingerprint density at radius 2 is 2.00 bits per heavy atom. The largest absolute Gasteiger partial charge is 0.466 e. The van der Waals surface area contributed by atoms with E-state index in [1.54, 1.807) is 6.20 Å². The van der Waals surface area contributed by atoms with E-state index in [-0.39, 0.29) is 11.9 Å². The summed E-state index contributed by atoms with van der Waals surface area (Å²) in [6.07, 6.45) is 13.1. The number of rotatable bonds is 14. The van der Waals surface area contributed by atoms with Gasteiger partial charge in [-0.3, -0.25) is 9.59 Å². The van der Waals surface area contributed by atoms with E-state index in [1.807, 2.05) is 22.7 Å². The second-order valence-electron chi connectivity index (χ2n) is 7.89. The van der Waals surface area contributed by atoms with E-state index >= 15 is 0 Å². The highest BCUT2D eigenvalue weighted by Crippen LogP contribution is 2.12. The number of nitrogens with one attached hydrogen (secondary N) is 1. The lowest BCUT2D eigenvalue weighted by molar-refractivity contribution is -0.144. The van der Waals surface area contributed by atoms with Crippen molar-refractivity contribution in [2.24, 2.45) is 0 Å². The van der Waals surface area contributed by atoms with Crippen LogP contribution in [-0.2, 0) is 27.3 Å². The smallest absolute Gasteiger partial charge is 0.307 e. The van der Waals surface area contributed by atoms with Crippen molar-refractivity contribution < 1.29 is 14.3 Å². The van der Waals surface area contributed by atoms with Gasteiger partial charge in [-0.2, -0.15) is 0 Å². The van der Waals surface area contributed by atoms with Crippen molar-refractivity contribution >= 4 is 11.9 Å². The summed E-state index contributed by atoms with van der Waals surface area (Å²) in [4.78, 5) is 30.6. The standard InChI is InChI=1S/C22H38N4O3/c1-3-4-5-6-7-8-17-29-22(28)12-15-25-16-13-24-20(25)9-10-21(27)26-14-11-19(18-26)23-2/h13,16,19,23H,3-12,14-15,17-18H2,1-2H3. The second kappa shape index (κ2) is 13.4. The highest BCUT2D eigenvalue weighted by molar-refractivity contribution is 5.76. The number of hydrogen-bond acceptors (Lipinski definition) is 5. The molecule has 0 aliphatic carbocycles. The fraction of sp³-hybridized carbons (Fsp3) is 0.773. The quantitative estimate of drug-likeness (QED) is 0.380. The first kappa shape index (κ1) is 23.4. The van der Waals surface area contributed by atoms with Gasteiger partial charge in [0.15, 0.2) is 0 Å². The lowest BCUT2D eigenvalue weighted by atomic mass is 10.1. The Bertz CT molecular complexity index is 617. The topological polar surface area (TPSA) is 76.5 Å². The molecule has 0 saturated carbocycles. The molecule has 2 heterocycles. The van der Waals surface area contributed by atoms with Crippen LogP contribution in [0.25, 0.3) is 0 Å². The van der Waals surface area contributed by atoms with Crippen LogP contribution < -0.4 is 5.32 Å². The predicted octanol–water partition coefficient (Wildman–Crippen LogP) is 2.93. The number of carbonyl (C=O) groups is 2. The molecule has 1 atom stereocenters. The lowest BCUT2D eigenvalue weighted by Gasteiger charge is -2.16. The third-order valence-corrected chi connectivity index (χ3v) is 5.63. The van der Waals surface area contributed by atoms with Gasteiger partial charge < -0.3 is 19.5 Å². The molecule has 1 aliphatic rings.